The molecular weight excluding hydrogens is 132 g/mol. The summed E-state index contributed by atoms with van der Waals surface area (Å²) in [5.74, 6) is 0. The second-order valence-electron chi connectivity index (χ2n) is 2.13. The lowest BCUT2D eigenvalue weighted by molar-refractivity contribution is 0.128. The lowest BCUT2D eigenvalue weighted by atomic mass is 10.5. The van der Waals surface area contributed by atoms with E-state index in [4.69, 9.17) is 9.47 Å². The zero-order valence-electron chi connectivity index (χ0n) is 5.72. The van der Waals surface area contributed by atoms with E-state index in [1.165, 1.54) is 6.04 Å². The Labute approximate surface area is 58.4 Å². The molecule has 3 heteroatoms. The van der Waals surface area contributed by atoms with Crippen LogP contribution >= 0.6 is 0 Å². The molecule has 0 bridgehead atoms. The predicted molar refractivity (Wildman–Crippen MR) is 37.0 cm³/mol. The molecule has 52 valence electrons. The molecule has 1 heterocycles. The highest BCUT2D eigenvalue weighted by molar-refractivity contribution is 6.33. The molecule has 1 fully saturated rings. The maximum Gasteiger partial charge on any atom is 0.104 e. The van der Waals surface area contributed by atoms with Crippen molar-refractivity contribution in [2.45, 2.75) is 18.7 Å². The van der Waals surface area contributed by atoms with E-state index in [0.717, 1.165) is 29.3 Å². The van der Waals surface area contributed by atoms with Crippen LogP contribution in [-0.2, 0) is 9.47 Å². The molecule has 1 unspecified atom stereocenters. The molecule has 0 aromatic rings. The quantitative estimate of drug-likeness (QED) is 0.320. The van der Waals surface area contributed by atoms with Gasteiger partial charge in [-0.2, -0.15) is 0 Å². The molecule has 0 aromatic carbocycles. The van der Waals surface area contributed by atoms with Gasteiger partial charge in [0, 0.05) is 16.1 Å². The fraction of sp³-hybridized carbons (Fsp3) is 1.00. The minimum atomic E-state index is 0.435. The first kappa shape index (κ1) is 7.25. The van der Waals surface area contributed by atoms with Crippen molar-refractivity contribution in [3.8, 4) is 0 Å². The summed E-state index contributed by atoms with van der Waals surface area (Å²) in [5, 5.41) is 0. The van der Waals surface area contributed by atoms with Gasteiger partial charge in [-0.05, 0) is 6.04 Å². The van der Waals surface area contributed by atoms with Gasteiger partial charge in [-0.3, -0.25) is 0 Å². The summed E-state index contributed by atoms with van der Waals surface area (Å²) in [5.41, 5.74) is 0. The first-order chi connectivity index (χ1) is 4.43. The van der Waals surface area contributed by atoms with Crippen molar-refractivity contribution in [2.75, 3.05) is 19.8 Å². The topological polar surface area (TPSA) is 21.8 Å². The zero-order valence-corrected chi connectivity index (χ0v) is 6.72. The van der Waals surface area contributed by atoms with Gasteiger partial charge in [0.1, 0.15) is 6.10 Å². The summed E-state index contributed by atoms with van der Waals surface area (Å²) in [6.07, 6.45) is 0.435. The number of rotatable bonds is 5. The number of ether oxygens (including phenoxy) is 2. The lowest BCUT2D eigenvalue weighted by Gasteiger charge is -1.97. The molecule has 0 aromatic heterocycles. The van der Waals surface area contributed by atoms with Crippen molar-refractivity contribution in [1.82, 2.24) is 0 Å². The Kier molecular flexibility index (Phi) is 3.25. The van der Waals surface area contributed by atoms with Crippen LogP contribution in [0.1, 0.15) is 0 Å². The smallest absolute Gasteiger partial charge is 0.104 e. The van der Waals surface area contributed by atoms with Crippen LogP contribution in [0.4, 0.5) is 0 Å². The summed E-state index contributed by atoms with van der Waals surface area (Å²) in [4.78, 5) is 0. The summed E-state index contributed by atoms with van der Waals surface area (Å²) in [6.45, 7) is 4.82. The maximum absolute atomic E-state index is 5.28. The summed E-state index contributed by atoms with van der Waals surface area (Å²) < 4.78 is 10.2. The van der Waals surface area contributed by atoms with Gasteiger partial charge in [-0.25, -0.2) is 0 Å². The average Bonchev–Trinajstić information content (AvgIpc) is 2.63. The van der Waals surface area contributed by atoms with Crippen molar-refractivity contribution in [1.29, 1.82) is 0 Å². The monoisotopic (exact) mass is 144 g/mol. The van der Waals surface area contributed by atoms with E-state index in [2.05, 4.69) is 6.55 Å². The highest BCUT2D eigenvalue weighted by Gasteiger charge is 2.21. The van der Waals surface area contributed by atoms with Crippen molar-refractivity contribution in [3.05, 3.63) is 0 Å². The van der Waals surface area contributed by atoms with Gasteiger partial charge in [-0.1, -0.05) is 6.55 Å². The van der Waals surface area contributed by atoms with Crippen LogP contribution in [0.5, 0.6) is 0 Å². The first-order valence-corrected chi connectivity index (χ1v) is 4.98. The van der Waals surface area contributed by atoms with Gasteiger partial charge in [0.2, 0.25) is 0 Å². The molecule has 1 rings (SSSR count). The number of epoxide rings is 1. The predicted octanol–water partition coefficient (Wildman–Crippen LogP) is 0.572. The van der Waals surface area contributed by atoms with Crippen LogP contribution in [0.15, 0.2) is 0 Å². The summed E-state index contributed by atoms with van der Waals surface area (Å²) >= 11 is 0. The van der Waals surface area contributed by atoms with Crippen LogP contribution < -0.4 is 0 Å². The standard InChI is InChI=1S/C6H12O2Si/c1-9-3-2-7-4-6-5-8-6/h6H,2-5H2,1H3. The van der Waals surface area contributed by atoms with Gasteiger partial charge >= 0.3 is 0 Å². The minimum absolute atomic E-state index is 0.435. The van der Waals surface area contributed by atoms with Crippen LogP contribution in [0.3, 0.4) is 0 Å². The van der Waals surface area contributed by atoms with E-state index in [-0.39, 0.29) is 0 Å². The van der Waals surface area contributed by atoms with Crippen molar-refractivity contribution in [2.24, 2.45) is 0 Å². The zero-order chi connectivity index (χ0) is 6.53. The molecule has 0 amide bonds. The van der Waals surface area contributed by atoms with E-state index < -0.39 is 0 Å². The molecule has 0 N–H and O–H groups in total. The highest BCUT2D eigenvalue weighted by Crippen LogP contribution is 2.08. The molecule has 1 atom stereocenters. The SMILES string of the molecule is C[Si]CCOCC1CO1. The largest absolute Gasteiger partial charge is 0.379 e. The lowest BCUT2D eigenvalue weighted by Crippen LogP contribution is -2.03. The molecule has 9 heavy (non-hydrogen) atoms. The van der Waals surface area contributed by atoms with Crippen LogP contribution in [0.25, 0.3) is 0 Å². The minimum Gasteiger partial charge on any atom is -0.379 e. The molecule has 0 saturated carbocycles. The van der Waals surface area contributed by atoms with Crippen molar-refractivity contribution in [3.63, 3.8) is 0 Å². The molecule has 0 aliphatic carbocycles. The van der Waals surface area contributed by atoms with Gasteiger partial charge in [0.25, 0.3) is 0 Å². The van der Waals surface area contributed by atoms with Crippen molar-refractivity contribution < 1.29 is 9.47 Å². The van der Waals surface area contributed by atoms with Gasteiger partial charge in [-0.15, -0.1) is 0 Å². The molecule has 2 nitrogen and oxygen atoms in total. The normalized spacial score (nSPS) is 24.3. The van der Waals surface area contributed by atoms with Crippen LogP contribution in [0.2, 0.25) is 12.6 Å². The Morgan fingerprint density at radius 3 is 3.11 bits per heavy atom. The fourth-order valence-electron chi connectivity index (χ4n) is 0.553. The third-order valence-corrected chi connectivity index (χ3v) is 1.91. The van der Waals surface area contributed by atoms with E-state index in [9.17, 15) is 0 Å². The molecular formula is C6H12O2Si. The molecule has 1 saturated heterocycles. The maximum atomic E-state index is 5.28. The van der Waals surface area contributed by atoms with Crippen molar-refractivity contribution >= 4 is 9.52 Å². The second-order valence-corrected chi connectivity index (χ2v) is 3.34. The van der Waals surface area contributed by atoms with E-state index in [1.54, 1.807) is 0 Å². The molecule has 2 radical (unpaired) electrons. The molecule has 1 aliphatic heterocycles. The summed E-state index contributed by atoms with van der Waals surface area (Å²) in [6, 6.07) is 1.20. The fourth-order valence-corrected chi connectivity index (χ4v) is 0.902. The third-order valence-electron chi connectivity index (χ3n) is 1.20. The average molecular weight is 144 g/mol. The van der Waals surface area contributed by atoms with E-state index in [0.29, 0.717) is 6.10 Å². The Hall–Kier alpha value is 0.137. The Bertz CT molecular complexity index is 73.5. The third kappa shape index (κ3) is 3.67. The first-order valence-electron chi connectivity index (χ1n) is 3.27. The highest BCUT2D eigenvalue weighted by atomic mass is 28.2. The van der Waals surface area contributed by atoms with E-state index >= 15 is 0 Å². The Morgan fingerprint density at radius 2 is 2.56 bits per heavy atom. The Balaban J connectivity index is 1.71. The van der Waals surface area contributed by atoms with Gasteiger partial charge < -0.3 is 9.47 Å². The number of hydrogen-bond acceptors (Lipinski definition) is 2. The summed E-state index contributed by atoms with van der Waals surface area (Å²) in [7, 11) is 1.02. The Morgan fingerprint density at radius 1 is 1.78 bits per heavy atom. The molecule has 1 aliphatic rings. The van der Waals surface area contributed by atoms with Crippen LogP contribution in [-0.4, -0.2) is 35.4 Å². The van der Waals surface area contributed by atoms with Crippen LogP contribution in [0, 0.1) is 0 Å². The molecule has 0 spiro atoms. The number of hydrogen-bond donors (Lipinski definition) is 0. The van der Waals surface area contributed by atoms with Gasteiger partial charge in [0.05, 0.1) is 13.2 Å². The van der Waals surface area contributed by atoms with E-state index in [1.807, 2.05) is 0 Å². The second kappa shape index (κ2) is 4.03. The van der Waals surface area contributed by atoms with Gasteiger partial charge in [0.15, 0.2) is 0 Å².